The van der Waals surface area contributed by atoms with Gasteiger partial charge >= 0.3 is 5.97 Å². The van der Waals surface area contributed by atoms with Crippen molar-refractivity contribution in [3.8, 4) is 0 Å². The van der Waals surface area contributed by atoms with Gasteiger partial charge < -0.3 is 10.0 Å². The molecule has 2 rings (SSSR count). The van der Waals surface area contributed by atoms with Crippen LogP contribution in [0.15, 0.2) is 0 Å². The fraction of sp³-hybridized carbons (Fsp3) is 0.929. The van der Waals surface area contributed by atoms with Crippen molar-refractivity contribution >= 4 is 5.97 Å². The molecule has 2 aliphatic rings. The van der Waals surface area contributed by atoms with Crippen molar-refractivity contribution in [3.63, 3.8) is 0 Å². The number of hydrogen-bond acceptors (Lipinski definition) is 3. The van der Waals surface area contributed by atoms with Gasteiger partial charge in [-0.3, -0.25) is 9.69 Å². The highest BCUT2D eigenvalue weighted by Gasteiger charge is 2.20. The number of nitrogens with zero attached hydrogens (tertiary/aromatic N) is 2. The Morgan fingerprint density at radius 2 is 1.61 bits per heavy atom. The van der Waals surface area contributed by atoms with E-state index in [1.807, 2.05) is 4.90 Å². The molecule has 4 nitrogen and oxygen atoms in total. The molecule has 0 radical (unpaired) electrons. The van der Waals surface area contributed by atoms with Gasteiger partial charge in [0.25, 0.3) is 0 Å². The van der Waals surface area contributed by atoms with E-state index in [0.29, 0.717) is 0 Å². The summed E-state index contributed by atoms with van der Waals surface area (Å²) >= 11 is 0. The molecule has 4 heteroatoms. The van der Waals surface area contributed by atoms with Crippen molar-refractivity contribution < 1.29 is 9.90 Å². The van der Waals surface area contributed by atoms with Crippen molar-refractivity contribution in [1.29, 1.82) is 0 Å². The van der Waals surface area contributed by atoms with Crippen LogP contribution in [0.4, 0.5) is 0 Å². The summed E-state index contributed by atoms with van der Waals surface area (Å²) in [6.45, 7) is 5.33. The molecule has 1 saturated carbocycles. The summed E-state index contributed by atoms with van der Waals surface area (Å²) in [7, 11) is 0. The monoisotopic (exact) mass is 254 g/mol. The fourth-order valence-corrected chi connectivity index (χ4v) is 3.20. The normalized spacial score (nSPS) is 24.2. The topological polar surface area (TPSA) is 43.8 Å². The van der Waals surface area contributed by atoms with Crippen molar-refractivity contribution in [2.45, 2.75) is 38.5 Å². The Hall–Kier alpha value is -0.610. The summed E-state index contributed by atoms with van der Waals surface area (Å²) in [5.74, 6) is 0.251. The molecule has 0 spiro atoms. The third-order valence-corrected chi connectivity index (χ3v) is 4.40. The molecule has 0 atom stereocenters. The Bertz CT molecular complexity index is 257. The van der Waals surface area contributed by atoms with Gasteiger partial charge in [-0.1, -0.05) is 32.1 Å². The molecule has 0 bridgehead atoms. The van der Waals surface area contributed by atoms with Gasteiger partial charge in [-0.15, -0.1) is 0 Å². The van der Waals surface area contributed by atoms with E-state index in [1.54, 1.807) is 0 Å². The molecule has 0 aromatic heterocycles. The zero-order chi connectivity index (χ0) is 12.8. The fourth-order valence-electron chi connectivity index (χ4n) is 3.20. The molecule has 1 aliphatic heterocycles. The lowest BCUT2D eigenvalue weighted by molar-refractivity contribution is -0.138. The van der Waals surface area contributed by atoms with E-state index in [2.05, 4.69) is 4.90 Å². The largest absolute Gasteiger partial charge is 0.480 e. The van der Waals surface area contributed by atoms with Crippen molar-refractivity contribution in [3.05, 3.63) is 0 Å². The predicted octanol–water partition coefficient (Wildman–Crippen LogP) is 1.66. The smallest absolute Gasteiger partial charge is 0.317 e. The predicted molar refractivity (Wildman–Crippen MR) is 71.7 cm³/mol. The van der Waals surface area contributed by atoms with Crippen molar-refractivity contribution in [2.24, 2.45) is 5.92 Å². The average molecular weight is 254 g/mol. The maximum atomic E-state index is 10.6. The highest BCUT2D eigenvalue weighted by molar-refractivity contribution is 5.69. The number of rotatable bonds is 5. The van der Waals surface area contributed by atoms with Gasteiger partial charge in [0.05, 0.1) is 6.54 Å². The third-order valence-electron chi connectivity index (χ3n) is 4.40. The van der Waals surface area contributed by atoms with Crippen LogP contribution in [0, 0.1) is 5.92 Å². The van der Waals surface area contributed by atoms with Crippen molar-refractivity contribution in [2.75, 3.05) is 39.3 Å². The Kier molecular flexibility index (Phi) is 5.45. The van der Waals surface area contributed by atoms with Crippen LogP contribution >= 0.6 is 0 Å². The van der Waals surface area contributed by atoms with Crippen LogP contribution in [0.1, 0.15) is 38.5 Å². The minimum Gasteiger partial charge on any atom is -0.480 e. The molecule has 0 aromatic carbocycles. The number of carboxylic acid groups (broad SMARTS) is 1. The molecule has 2 fully saturated rings. The lowest BCUT2D eigenvalue weighted by Gasteiger charge is -2.34. The molecular formula is C14H26N2O2. The molecule has 1 heterocycles. The SMILES string of the molecule is O=C(O)CN1CCN(CCC2CCCCC2)CC1. The van der Waals surface area contributed by atoms with E-state index in [-0.39, 0.29) is 6.54 Å². The number of piperazine rings is 1. The summed E-state index contributed by atoms with van der Waals surface area (Å²) in [5.41, 5.74) is 0. The molecule has 104 valence electrons. The number of aliphatic carboxylic acids is 1. The van der Waals surface area contributed by atoms with Gasteiger partial charge in [-0.05, 0) is 18.9 Å². The summed E-state index contributed by atoms with van der Waals surface area (Å²) in [6.07, 6.45) is 8.50. The second-order valence-corrected chi connectivity index (χ2v) is 5.80. The second-order valence-electron chi connectivity index (χ2n) is 5.80. The number of carboxylic acids is 1. The quantitative estimate of drug-likeness (QED) is 0.810. The van der Waals surface area contributed by atoms with Gasteiger partial charge in [0.1, 0.15) is 0 Å². The third kappa shape index (κ3) is 4.58. The van der Waals surface area contributed by atoms with Crippen LogP contribution in [0.25, 0.3) is 0 Å². The lowest BCUT2D eigenvalue weighted by atomic mass is 9.87. The van der Waals surface area contributed by atoms with E-state index < -0.39 is 5.97 Å². The first-order valence-electron chi connectivity index (χ1n) is 7.40. The summed E-state index contributed by atoms with van der Waals surface area (Å²) in [6, 6.07) is 0. The molecule has 0 unspecified atom stereocenters. The highest BCUT2D eigenvalue weighted by Crippen LogP contribution is 2.26. The van der Waals surface area contributed by atoms with Crippen LogP contribution in [-0.2, 0) is 4.79 Å². The first kappa shape index (κ1) is 13.8. The second kappa shape index (κ2) is 7.10. The molecule has 18 heavy (non-hydrogen) atoms. The Morgan fingerprint density at radius 3 is 2.22 bits per heavy atom. The maximum Gasteiger partial charge on any atom is 0.317 e. The first-order chi connectivity index (χ1) is 8.74. The summed E-state index contributed by atoms with van der Waals surface area (Å²) < 4.78 is 0. The Labute approximate surface area is 110 Å². The maximum absolute atomic E-state index is 10.6. The van der Waals surface area contributed by atoms with E-state index >= 15 is 0 Å². The zero-order valence-corrected chi connectivity index (χ0v) is 11.3. The number of carbonyl (C=O) groups is 1. The molecule has 0 amide bonds. The minimum absolute atomic E-state index is 0.205. The molecule has 1 saturated heterocycles. The zero-order valence-electron chi connectivity index (χ0n) is 11.3. The van der Waals surface area contributed by atoms with Gasteiger partial charge in [-0.25, -0.2) is 0 Å². The number of hydrogen-bond donors (Lipinski definition) is 1. The van der Waals surface area contributed by atoms with E-state index in [4.69, 9.17) is 5.11 Å². The van der Waals surface area contributed by atoms with Crippen LogP contribution in [0.5, 0.6) is 0 Å². The summed E-state index contributed by atoms with van der Waals surface area (Å²) in [5, 5.41) is 8.75. The van der Waals surface area contributed by atoms with Gasteiger partial charge in [0, 0.05) is 26.2 Å². The average Bonchev–Trinajstić information content (AvgIpc) is 2.38. The van der Waals surface area contributed by atoms with Gasteiger partial charge in [0.2, 0.25) is 0 Å². The van der Waals surface area contributed by atoms with E-state index in [9.17, 15) is 4.79 Å². The highest BCUT2D eigenvalue weighted by atomic mass is 16.4. The Morgan fingerprint density at radius 1 is 1.00 bits per heavy atom. The summed E-state index contributed by atoms with van der Waals surface area (Å²) in [4.78, 5) is 15.2. The van der Waals surface area contributed by atoms with Crippen LogP contribution in [-0.4, -0.2) is 60.1 Å². The van der Waals surface area contributed by atoms with Crippen molar-refractivity contribution in [1.82, 2.24) is 9.80 Å². The lowest BCUT2D eigenvalue weighted by Crippen LogP contribution is -2.48. The van der Waals surface area contributed by atoms with Crippen LogP contribution in [0.2, 0.25) is 0 Å². The van der Waals surface area contributed by atoms with Gasteiger partial charge in [0.15, 0.2) is 0 Å². The molecule has 0 aromatic rings. The van der Waals surface area contributed by atoms with Crippen LogP contribution in [0.3, 0.4) is 0 Å². The standard InChI is InChI=1S/C14H26N2O2/c17-14(18)12-16-10-8-15(9-11-16)7-6-13-4-2-1-3-5-13/h13H,1-12H2,(H,17,18). The van der Waals surface area contributed by atoms with E-state index in [1.165, 1.54) is 45.1 Å². The van der Waals surface area contributed by atoms with Crippen LogP contribution < -0.4 is 0 Å². The Balaban J connectivity index is 1.59. The first-order valence-corrected chi connectivity index (χ1v) is 7.40. The van der Waals surface area contributed by atoms with E-state index in [0.717, 1.165) is 32.1 Å². The van der Waals surface area contributed by atoms with Gasteiger partial charge in [-0.2, -0.15) is 0 Å². The molecule has 1 N–H and O–H groups in total. The molecular weight excluding hydrogens is 228 g/mol. The minimum atomic E-state index is -0.703. The molecule has 1 aliphatic carbocycles.